The van der Waals surface area contributed by atoms with Crippen molar-refractivity contribution in [2.45, 2.75) is 13.1 Å². The first-order valence-electron chi connectivity index (χ1n) is 9.21. The number of aromatic nitrogens is 2. The molecule has 2 aliphatic rings. The average Bonchev–Trinajstić information content (AvgIpc) is 3.35. The van der Waals surface area contributed by atoms with Gasteiger partial charge in [0.2, 0.25) is 12.7 Å². The van der Waals surface area contributed by atoms with Gasteiger partial charge >= 0.3 is 0 Å². The van der Waals surface area contributed by atoms with Gasteiger partial charge in [0.1, 0.15) is 0 Å². The molecule has 7 heteroatoms. The highest BCUT2D eigenvalue weighted by Crippen LogP contribution is 2.35. The summed E-state index contributed by atoms with van der Waals surface area (Å²) in [6, 6.07) is 16.1. The summed E-state index contributed by atoms with van der Waals surface area (Å²) < 4.78 is 18.2. The normalized spacial score (nSPS) is 16.2. The number of ether oxygens (including phenoxy) is 2. The fraction of sp³-hybridized carbons (Fsp3) is 0.238. The lowest BCUT2D eigenvalue weighted by Gasteiger charge is -2.25. The van der Waals surface area contributed by atoms with Crippen LogP contribution in [0.3, 0.4) is 0 Å². The van der Waals surface area contributed by atoms with Crippen molar-refractivity contribution in [3.05, 3.63) is 65.0 Å². The van der Waals surface area contributed by atoms with Crippen molar-refractivity contribution >= 4 is 17.8 Å². The number of benzene rings is 2. The fourth-order valence-electron chi connectivity index (χ4n) is 3.49. The van der Waals surface area contributed by atoms with Crippen LogP contribution in [0.15, 0.2) is 59.0 Å². The zero-order valence-corrected chi connectivity index (χ0v) is 16.0. The number of fused-ring (bicyclic) bond motifs is 1. The molecule has 0 amide bonds. The molecule has 3 aromatic rings. The Bertz CT molecular complexity index is 1090. The molecule has 0 saturated carbocycles. The molecule has 0 bridgehead atoms. The lowest BCUT2D eigenvalue weighted by Crippen LogP contribution is -2.31. The van der Waals surface area contributed by atoms with Gasteiger partial charge in [-0.2, -0.15) is 0 Å². The summed E-state index contributed by atoms with van der Waals surface area (Å²) in [7, 11) is 0. The number of nitrogens with zero attached hydrogens (tertiary/aromatic N) is 3. The van der Waals surface area contributed by atoms with Gasteiger partial charge in [-0.25, -0.2) is 4.68 Å². The molecule has 2 aromatic carbocycles. The smallest absolute Gasteiger partial charge is 0.288 e. The van der Waals surface area contributed by atoms with Gasteiger partial charge < -0.3 is 13.9 Å². The zero-order chi connectivity index (χ0) is 18.9. The maximum atomic E-state index is 5.72. The molecule has 0 N–H and O–H groups in total. The highest BCUT2D eigenvalue weighted by atomic mass is 32.1. The quantitative estimate of drug-likeness (QED) is 0.615. The molecule has 0 aliphatic carbocycles. The van der Waals surface area contributed by atoms with E-state index in [1.54, 1.807) is 4.68 Å². The largest absolute Gasteiger partial charge is 0.454 e. The molecule has 2 aliphatic heterocycles. The Morgan fingerprint density at radius 2 is 1.86 bits per heavy atom. The highest BCUT2D eigenvalue weighted by molar-refractivity contribution is 7.71. The van der Waals surface area contributed by atoms with Crippen molar-refractivity contribution in [3.63, 3.8) is 0 Å². The van der Waals surface area contributed by atoms with Crippen molar-refractivity contribution in [1.82, 2.24) is 14.7 Å². The summed E-state index contributed by atoms with van der Waals surface area (Å²) in [5.74, 6) is 1.92. The van der Waals surface area contributed by atoms with E-state index in [1.807, 2.05) is 24.3 Å². The Morgan fingerprint density at radius 1 is 1.00 bits per heavy atom. The van der Waals surface area contributed by atoms with Crippen molar-refractivity contribution in [1.29, 1.82) is 0 Å². The summed E-state index contributed by atoms with van der Waals surface area (Å²) in [6.07, 6.45) is 3.28. The Balaban J connectivity index is 1.31. The van der Waals surface area contributed by atoms with Crippen molar-refractivity contribution in [2.75, 3.05) is 19.9 Å². The van der Waals surface area contributed by atoms with Gasteiger partial charge in [-0.1, -0.05) is 36.4 Å². The molecule has 3 heterocycles. The summed E-state index contributed by atoms with van der Waals surface area (Å²) in [5.41, 5.74) is 3.51. The van der Waals surface area contributed by atoms with Crippen LogP contribution in [0.25, 0.3) is 17.0 Å². The van der Waals surface area contributed by atoms with Crippen LogP contribution >= 0.6 is 12.2 Å². The third kappa shape index (κ3) is 3.34. The average molecular weight is 393 g/mol. The molecule has 0 atom stereocenters. The standard InChI is InChI=1S/C21H19N3O3S/c28-21-24(13-23-10-8-16(9-11-23)15-4-2-1-3-5-15)22-20(27-21)17-6-7-18-19(12-17)26-14-25-18/h1-8,12H,9-11,13-14H2. The molecule has 0 saturated heterocycles. The monoisotopic (exact) mass is 393 g/mol. The highest BCUT2D eigenvalue weighted by Gasteiger charge is 2.18. The second-order valence-corrected chi connectivity index (χ2v) is 7.15. The summed E-state index contributed by atoms with van der Waals surface area (Å²) in [4.78, 5) is 2.67. The molecule has 142 valence electrons. The molecule has 0 spiro atoms. The van der Waals surface area contributed by atoms with Gasteiger partial charge in [0.25, 0.3) is 4.84 Å². The molecule has 28 heavy (non-hydrogen) atoms. The van der Waals surface area contributed by atoms with E-state index < -0.39 is 0 Å². The van der Waals surface area contributed by atoms with E-state index in [1.165, 1.54) is 11.1 Å². The zero-order valence-electron chi connectivity index (χ0n) is 15.2. The third-order valence-corrected chi connectivity index (χ3v) is 5.29. The minimum Gasteiger partial charge on any atom is -0.454 e. The van der Waals surface area contributed by atoms with E-state index in [9.17, 15) is 0 Å². The predicted octanol–water partition coefficient (Wildman–Crippen LogP) is 4.35. The van der Waals surface area contributed by atoms with Gasteiger partial charge in [0, 0.05) is 18.7 Å². The molecule has 0 fully saturated rings. The molecular formula is C21H19N3O3S. The first-order valence-corrected chi connectivity index (χ1v) is 9.62. The molecular weight excluding hydrogens is 374 g/mol. The maximum Gasteiger partial charge on any atom is 0.288 e. The first-order chi connectivity index (χ1) is 13.8. The minimum absolute atomic E-state index is 0.240. The second-order valence-electron chi connectivity index (χ2n) is 6.80. The van der Waals surface area contributed by atoms with Gasteiger partial charge in [0.15, 0.2) is 11.5 Å². The Kier molecular flexibility index (Phi) is 4.46. The third-order valence-electron chi connectivity index (χ3n) is 5.00. The van der Waals surface area contributed by atoms with Crippen LogP contribution in [-0.2, 0) is 6.67 Å². The van der Waals surface area contributed by atoms with Crippen LogP contribution in [-0.4, -0.2) is 34.6 Å². The van der Waals surface area contributed by atoms with Crippen LogP contribution in [0.5, 0.6) is 11.5 Å². The van der Waals surface area contributed by atoms with E-state index in [0.29, 0.717) is 23.1 Å². The van der Waals surface area contributed by atoms with Crippen LogP contribution < -0.4 is 9.47 Å². The van der Waals surface area contributed by atoms with E-state index in [0.717, 1.165) is 30.8 Å². The lowest BCUT2D eigenvalue weighted by molar-refractivity contribution is 0.174. The maximum absolute atomic E-state index is 5.72. The van der Waals surface area contributed by atoms with Gasteiger partial charge in [0.05, 0.1) is 6.67 Å². The van der Waals surface area contributed by atoms with Gasteiger partial charge in [-0.3, -0.25) is 4.90 Å². The van der Waals surface area contributed by atoms with Crippen LogP contribution in [0.2, 0.25) is 0 Å². The van der Waals surface area contributed by atoms with Crippen molar-refractivity contribution in [3.8, 4) is 23.0 Å². The van der Waals surface area contributed by atoms with Gasteiger partial charge in [-0.05, 0) is 48.0 Å². The molecule has 5 rings (SSSR count). The number of rotatable bonds is 4. The molecule has 1 aromatic heterocycles. The summed E-state index contributed by atoms with van der Waals surface area (Å²) in [6.45, 7) is 2.66. The molecule has 6 nitrogen and oxygen atoms in total. The summed E-state index contributed by atoms with van der Waals surface area (Å²) in [5, 5.41) is 4.56. The molecule has 0 unspecified atom stereocenters. The Labute approximate surface area is 167 Å². The number of hydrogen-bond donors (Lipinski definition) is 0. The fourth-order valence-corrected chi connectivity index (χ4v) is 3.66. The topological polar surface area (TPSA) is 52.7 Å². The van der Waals surface area contributed by atoms with E-state index >= 15 is 0 Å². The van der Waals surface area contributed by atoms with Crippen LogP contribution in [0.1, 0.15) is 12.0 Å². The van der Waals surface area contributed by atoms with E-state index in [-0.39, 0.29) is 6.79 Å². The number of hydrogen-bond acceptors (Lipinski definition) is 6. The van der Waals surface area contributed by atoms with Crippen LogP contribution in [0, 0.1) is 4.84 Å². The van der Waals surface area contributed by atoms with Crippen molar-refractivity contribution < 1.29 is 13.9 Å². The van der Waals surface area contributed by atoms with E-state index in [2.05, 4.69) is 40.3 Å². The minimum atomic E-state index is 0.240. The summed E-state index contributed by atoms with van der Waals surface area (Å²) >= 11 is 5.38. The Morgan fingerprint density at radius 3 is 2.68 bits per heavy atom. The van der Waals surface area contributed by atoms with Gasteiger partial charge in [-0.15, -0.1) is 5.10 Å². The Hall–Kier alpha value is -2.90. The lowest BCUT2D eigenvalue weighted by atomic mass is 10.00. The first kappa shape index (κ1) is 17.2. The second kappa shape index (κ2) is 7.26. The van der Waals surface area contributed by atoms with Crippen LogP contribution in [0.4, 0.5) is 0 Å². The molecule has 0 radical (unpaired) electrons. The van der Waals surface area contributed by atoms with E-state index in [4.69, 9.17) is 26.1 Å². The SMILES string of the molecule is S=c1oc(-c2ccc3c(c2)OCO3)nn1CN1CC=C(c2ccccc2)CC1. The predicted molar refractivity (Wildman–Crippen MR) is 107 cm³/mol. The van der Waals surface area contributed by atoms with Crippen molar-refractivity contribution in [2.24, 2.45) is 0 Å².